The summed E-state index contributed by atoms with van der Waals surface area (Å²) in [7, 11) is 0. The summed E-state index contributed by atoms with van der Waals surface area (Å²) >= 11 is 0. The van der Waals surface area contributed by atoms with Crippen molar-refractivity contribution in [3.63, 3.8) is 0 Å². The van der Waals surface area contributed by atoms with Crippen molar-refractivity contribution in [2.45, 2.75) is 50.2 Å². The molecule has 1 aliphatic carbocycles. The highest BCUT2D eigenvalue weighted by atomic mass is 16.5. The first-order chi connectivity index (χ1) is 10.1. The minimum absolute atomic E-state index is 0.00939. The summed E-state index contributed by atoms with van der Waals surface area (Å²) in [6, 6.07) is 4.77. The van der Waals surface area contributed by atoms with E-state index in [4.69, 9.17) is 20.3 Å². The van der Waals surface area contributed by atoms with E-state index in [1.807, 2.05) is 0 Å². The second-order valence-corrected chi connectivity index (χ2v) is 6.03. The van der Waals surface area contributed by atoms with Gasteiger partial charge in [0.15, 0.2) is 0 Å². The first kappa shape index (κ1) is 14.2. The third-order valence-corrected chi connectivity index (χ3v) is 4.52. The number of aromatic carboxylic acids is 1. The van der Waals surface area contributed by atoms with Crippen molar-refractivity contribution in [2.75, 3.05) is 12.3 Å². The predicted octanol–water partition coefficient (Wildman–Crippen LogP) is 2.84. The lowest BCUT2D eigenvalue weighted by Crippen LogP contribution is -2.41. The molecule has 1 aromatic rings. The number of anilines is 1. The fourth-order valence-corrected chi connectivity index (χ4v) is 3.45. The number of ether oxygens (including phenoxy) is 2. The summed E-state index contributed by atoms with van der Waals surface area (Å²) in [6.45, 7) is 0.730. The molecule has 1 spiro atoms. The van der Waals surface area contributed by atoms with Crippen LogP contribution in [0.3, 0.4) is 0 Å². The van der Waals surface area contributed by atoms with Crippen LogP contribution >= 0.6 is 0 Å². The van der Waals surface area contributed by atoms with E-state index >= 15 is 0 Å². The lowest BCUT2D eigenvalue weighted by molar-refractivity contribution is -0.108. The number of hydrogen-bond acceptors (Lipinski definition) is 4. The van der Waals surface area contributed by atoms with Gasteiger partial charge in [-0.15, -0.1) is 0 Å². The third kappa shape index (κ3) is 2.97. The van der Waals surface area contributed by atoms with Crippen LogP contribution < -0.4 is 10.5 Å². The minimum atomic E-state index is -1.02. The summed E-state index contributed by atoms with van der Waals surface area (Å²) in [5.41, 5.74) is 6.12. The molecule has 3 N–H and O–H groups in total. The quantitative estimate of drug-likeness (QED) is 0.837. The Morgan fingerprint density at radius 1 is 1.38 bits per heavy atom. The van der Waals surface area contributed by atoms with Gasteiger partial charge in [-0.3, -0.25) is 0 Å². The molecule has 21 heavy (non-hydrogen) atoms. The maximum atomic E-state index is 11.0. The van der Waals surface area contributed by atoms with Crippen molar-refractivity contribution in [3.8, 4) is 5.75 Å². The largest absolute Gasteiger partial charge is 0.490 e. The average Bonchev–Trinajstić information content (AvgIpc) is 2.86. The summed E-state index contributed by atoms with van der Waals surface area (Å²) in [5.74, 6) is -0.382. The Morgan fingerprint density at radius 2 is 2.14 bits per heavy atom. The van der Waals surface area contributed by atoms with Gasteiger partial charge in [0.2, 0.25) is 0 Å². The molecule has 3 rings (SSSR count). The Balaban J connectivity index is 1.68. The van der Waals surface area contributed by atoms with E-state index in [0.29, 0.717) is 5.75 Å². The molecule has 5 heteroatoms. The molecule has 1 unspecified atom stereocenters. The molecule has 2 fully saturated rings. The molecule has 114 valence electrons. The van der Waals surface area contributed by atoms with Crippen molar-refractivity contribution < 1.29 is 19.4 Å². The zero-order valence-electron chi connectivity index (χ0n) is 12.0. The van der Waals surface area contributed by atoms with E-state index in [1.54, 1.807) is 12.1 Å². The zero-order chi connectivity index (χ0) is 14.9. The molecule has 5 nitrogen and oxygen atoms in total. The van der Waals surface area contributed by atoms with E-state index in [0.717, 1.165) is 32.3 Å². The number of nitrogen functional groups attached to an aromatic ring is 1. The lowest BCUT2D eigenvalue weighted by Gasteiger charge is -2.38. The van der Waals surface area contributed by atoms with E-state index < -0.39 is 5.97 Å². The van der Waals surface area contributed by atoms with Crippen LogP contribution in [0.2, 0.25) is 0 Å². The number of carboxylic acids is 1. The molecule has 1 heterocycles. The highest BCUT2D eigenvalue weighted by Gasteiger charge is 2.40. The van der Waals surface area contributed by atoms with Gasteiger partial charge in [-0.25, -0.2) is 4.79 Å². The van der Waals surface area contributed by atoms with Crippen molar-refractivity contribution in [3.05, 3.63) is 23.8 Å². The average molecular weight is 291 g/mol. The van der Waals surface area contributed by atoms with Crippen LogP contribution in [0, 0.1) is 0 Å². The zero-order valence-corrected chi connectivity index (χ0v) is 12.0. The smallest absolute Gasteiger partial charge is 0.337 e. The van der Waals surface area contributed by atoms with Gasteiger partial charge >= 0.3 is 5.97 Å². The van der Waals surface area contributed by atoms with Gasteiger partial charge in [-0.05, 0) is 25.0 Å². The standard InChI is InChI=1S/C16H21NO4/c17-14-9-11(3-4-13(14)15(18)19)21-12-5-8-20-16(10-12)6-1-2-7-16/h3-4,9,12H,1-2,5-8,10,17H2,(H,18,19). The van der Waals surface area contributed by atoms with Crippen LogP contribution in [-0.4, -0.2) is 29.4 Å². The number of nitrogens with two attached hydrogens (primary N) is 1. The molecular formula is C16H21NO4. The Bertz CT molecular complexity index is 537. The molecule has 2 aliphatic rings. The van der Waals surface area contributed by atoms with E-state index in [-0.39, 0.29) is 23.0 Å². The van der Waals surface area contributed by atoms with Crippen molar-refractivity contribution >= 4 is 11.7 Å². The normalized spacial score (nSPS) is 24.1. The van der Waals surface area contributed by atoms with Gasteiger partial charge in [0, 0.05) is 24.6 Å². The Morgan fingerprint density at radius 3 is 2.81 bits per heavy atom. The predicted molar refractivity (Wildman–Crippen MR) is 78.6 cm³/mol. The van der Waals surface area contributed by atoms with Crippen molar-refractivity contribution in [1.82, 2.24) is 0 Å². The topological polar surface area (TPSA) is 81.8 Å². The third-order valence-electron chi connectivity index (χ3n) is 4.52. The lowest BCUT2D eigenvalue weighted by atomic mass is 9.90. The van der Waals surface area contributed by atoms with Crippen LogP contribution in [0.4, 0.5) is 5.69 Å². The molecule has 0 aromatic heterocycles. The second kappa shape index (κ2) is 5.56. The molecule has 0 bridgehead atoms. The SMILES string of the molecule is Nc1cc(OC2CCOC3(CCCC3)C2)ccc1C(=O)O. The van der Waals surface area contributed by atoms with Gasteiger partial charge in [0.05, 0.1) is 17.8 Å². The fourth-order valence-electron chi connectivity index (χ4n) is 3.45. The highest BCUT2D eigenvalue weighted by Crippen LogP contribution is 2.41. The van der Waals surface area contributed by atoms with Crippen LogP contribution in [0.25, 0.3) is 0 Å². The Hall–Kier alpha value is -1.75. The molecule has 1 atom stereocenters. The van der Waals surface area contributed by atoms with Crippen molar-refractivity contribution in [1.29, 1.82) is 0 Å². The molecule has 0 radical (unpaired) electrons. The summed E-state index contributed by atoms with van der Waals surface area (Å²) in [6.07, 6.45) is 6.59. The van der Waals surface area contributed by atoms with Gasteiger partial charge in [0.1, 0.15) is 11.9 Å². The van der Waals surface area contributed by atoms with Gasteiger partial charge in [0.25, 0.3) is 0 Å². The summed E-state index contributed by atoms with van der Waals surface area (Å²) in [4.78, 5) is 11.0. The van der Waals surface area contributed by atoms with E-state index in [1.165, 1.54) is 18.9 Å². The molecule has 1 saturated heterocycles. The minimum Gasteiger partial charge on any atom is -0.490 e. The summed E-state index contributed by atoms with van der Waals surface area (Å²) < 4.78 is 12.0. The van der Waals surface area contributed by atoms with E-state index in [2.05, 4.69) is 0 Å². The molecule has 1 aliphatic heterocycles. The van der Waals surface area contributed by atoms with Crippen LogP contribution in [-0.2, 0) is 4.74 Å². The molecule has 0 amide bonds. The van der Waals surface area contributed by atoms with E-state index in [9.17, 15) is 4.79 Å². The Labute approximate surface area is 124 Å². The molecular weight excluding hydrogens is 270 g/mol. The highest BCUT2D eigenvalue weighted by molar-refractivity contribution is 5.93. The number of benzene rings is 1. The van der Waals surface area contributed by atoms with Gasteiger partial charge in [-0.2, -0.15) is 0 Å². The maximum absolute atomic E-state index is 11.0. The van der Waals surface area contributed by atoms with Crippen LogP contribution in [0.15, 0.2) is 18.2 Å². The monoisotopic (exact) mass is 291 g/mol. The van der Waals surface area contributed by atoms with Crippen LogP contribution in [0.5, 0.6) is 5.75 Å². The maximum Gasteiger partial charge on any atom is 0.337 e. The Kier molecular flexibility index (Phi) is 3.76. The van der Waals surface area contributed by atoms with Gasteiger partial charge < -0.3 is 20.3 Å². The second-order valence-electron chi connectivity index (χ2n) is 6.03. The first-order valence-corrected chi connectivity index (χ1v) is 7.51. The number of carbonyl (C=O) groups is 1. The van der Waals surface area contributed by atoms with Gasteiger partial charge in [-0.1, -0.05) is 12.8 Å². The molecule has 1 aromatic carbocycles. The van der Waals surface area contributed by atoms with Crippen molar-refractivity contribution in [2.24, 2.45) is 0 Å². The summed E-state index contributed by atoms with van der Waals surface area (Å²) in [5, 5.41) is 8.98. The first-order valence-electron chi connectivity index (χ1n) is 7.51. The molecule has 1 saturated carbocycles. The number of carboxylic acid groups (broad SMARTS) is 1. The number of rotatable bonds is 3. The fraction of sp³-hybridized carbons (Fsp3) is 0.562. The van der Waals surface area contributed by atoms with Crippen LogP contribution in [0.1, 0.15) is 48.9 Å². The number of hydrogen-bond donors (Lipinski definition) is 2.